The van der Waals surface area contributed by atoms with Crippen LogP contribution in [0.5, 0.6) is 5.75 Å². The molecular formula is C19H16O6. The molecule has 2 aromatic carbocycles. The lowest BCUT2D eigenvalue weighted by atomic mass is 10.1. The van der Waals surface area contributed by atoms with E-state index in [0.29, 0.717) is 35.7 Å². The van der Waals surface area contributed by atoms with E-state index in [-0.39, 0.29) is 23.0 Å². The number of hydrogen-bond donors (Lipinski definition) is 2. The Hall–Kier alpha value is -3.12. The number of carboxylic acids is 1. The maximum atomic E-state index is 12.4. The average molecular weight is 340 g/mol. The van der Waals surface area contributed by atoms with Gasteiger partial charge in [-0.25, -0.2) is 4.79 Å². The molecule has 0 aliphatic carbocycles. The average Bonchev–Trinajstić information content (AvgIpc) is 2.62. The Morgan fingerprint density at radius 1 is 1.12 bits per heavy atom. The van der Waals surface area contributed by atoms with E-state index in [1.165, 1.54) is 24.3 Å². The molecule has 0 aliphatic rings. The van der Waals surface area contributed by atoms with Crippen molar-refractivity contribution >= 4 is 16.9 Å². The summed E-state index contributed by atoms with van der Waals surface area (Å²) in [5.74, 6) is -0.228. The zero-order valence-corrected chi connectivity index (χ0v) is 13.3. The molecule has 0 spiro atoms. The predicted octanol–water partition coefficient (Wildman–Crippen LogP) is 2.92. The number of hydrogen-bond acceptors (Lipinski definition) is 5. The zero-order valence-electron chi connectivity index (χ0n) is 13.3. The number of aromatic carboxylic acids is 1. The summed E-state index contributed by atoms with van der Waals surface area (Å²) in [7, 11) is 0. The van der Waals surface area contributed by atoms with Crippen LogP contribution in [0.25, 0.3) is 22.3 Å². The summed E-state index contributed by atoms with van der Waals surface area (Å²) in [4.78, 5) is 23.4. The van der Waals surface area contributed by atoms with Gasteiger partial charge in [-0.3, -0.25) is 4.79 Å². The summed E-state index contributed by atoms with van der Waals surface area (Å²) in [6.45, 7) is 0.367. The zero-order chi connectivity index (χ0) is 17.8. The molecule has 6 nitrogen and oxygen atoms in total. The van der Waals surface area contributed by atoms with Crippen LogP contribution in [0.15, 0.2) is 57.7 Å². The highest BCUT2D eigenvalue weighted by Gasteiger charge is 2.13. The Morgan fingerprint density at radius 3 is 2.68 bits per heavy atom. The predicted molar refractivity (Wildman–Crippen MR) is 92.1 cm³/mol. The fourth-order valence-electron chi connectivity index (χ4n) is 2.46. The second-order valence-electron chi connectivity index (χ2n) is 5.41. The lowest BCUT2D eigenvalue weighted by molar-refractivity contribution is 0.0697. The highest BCUT2D eigenvalue weighted by molar-refractivity contribution is 5.93. The maximum Gasteiger partial charge on any atom is 0.335 e. The normalized spacial score (nSPS) is 10.8. The van der Waals surface area contributed by atoms with Crippen LogP contribution < -0.4 is 10.2 Å². The summed E-state index contributed by atoms with van der Waals surface area (Å²) in [6, 6.07) is 12.6. The van der Waals surface area contributed by atoms with Gasteiger partial charge in [0.15, 0.2) is 5.43 Å². The summed E-state index contributed by atoms with van der Waals surface area (Å²) in [5, 5.41) is 18.1. The van der Waals surface area contributed by atoms with Crippen LogP contribution >= 0.6 is 0 Å². The third kappa shape index (κ3) is 3.54. The Balaban J connectivity index is 2.07. The Kier molecular flexibility index (Phi) is 4.81. The van der Waals surface area contributed by atoms with Crippen LogP contribution in [-0.4, -0.2) is 29.4 Å². The van der Waals surface area contributed by atoms with Gasteiger partial charge in [0.05, 0.1) is 23.1 Å². The molecule has 0 saturated carbocycles. The molecule has 0 bridgehead atoms. The Bertz CT molecular complexity index is 973. The van der Waals surface area contributed by atoms with Crippen LogP contribution in [-0.2, 0) is 0 Å². The first-order valence-corrected chi connectivity index (χ1v) is 7.74. The third-order valence-corrected chi connectivity index (χ3v) is 3.69. The van der Waals surface area contributed by atoms with Crippen molar-refractivity contribution in [3.8, 4) is 17.1 Å². The molecule has 2 N–H and O–H groups in total. The molecule has 1 heterocycles. The van der Waals surface area contributed by atoms with Crippen molar-refractivity contribution in [3.63, 3.8) is 0 Å². The number of carbonyl (C=O) groups is 1. The van der Waals surface area contributed by atoms with Gasteiger partial charge in [-0.05, 0) is 30.3 Å². The van der Waals surface area contributed by atoms with E-state index in [9.17, 15) is 9.59 Å². The molecule has 3 rings (SSSR count). The van der Waals surface area contributed by atoms with E-state index in [2.05, 4.69) is 0 Å². The fraction of sp³-hybridized carbons (Fsp3) is 0.158. The highest BCUT2D eigenvalue weighted by atomic mass is 16.5. The van der Waals surface area contributed by atoms with Gasteiger partial charge >= 0.3 is 5.97 Å². The van der Waals surface area contributed by atoms with Gasteiger partial charge < -0.3 is 19.4 Å². The van der Waals surface area contributed by atoms with Crippen molar-refractivity contribution in [2.45, 2.75) is 6.42 Å². The topological polar surface area (TPSA) is 97.0 Å². The number of aliphatic hydroxyl groups is 1. The van der Waals surface area contributed by atoms with Crippen LogP contribution in [0.3, 0.4) is 0 Å². The maximum absolute atomic E-state index is 12.4. The number of carboxylic acid groups (broad SMARTS) is 1. The molecule has 0 aliphatic heterocycles. The number of ether oxygens (including phenoxy) is 1. The standard InChI is InChI=1S/C19H16O6/c20-8-3-9-24-16-5-2-1-4-13(16)18-11-15(21)14-10-12(19(22)23)6-7-17(14)25-18/h1-2,4-7,10-11,20H,3,8-9H2,(H,22,23). The van der Waals surface area contributed by atoms with Gasteiger partial charge in [0, 0.05) is 19.1 Å². The fourth-order valence-corrected chi connectivity index (χ4v) is 2.46. The van der Waals surface area contributed by atoms with Crippen molar-refractivity contribution in [2.24, 2.45) is 0 Å². The summed E-state index contributed by atoms with van der Waals surface area (Å²) in [5.41, 5.74) is 0.615. The van der Waals surface area contributed by atoms with Gasteiger partial charge in [-0.2, -0.15) is 0 Å². The third-order valence-electron chi connectivity index (χ3n) is 3.69. The van der Waals surface area contributed by atoms with Crippen molar-refractivity contribution in [1.82, 2.24) is 0 Å². The first-order chi connectivity index (χ1) is 12.1. The molecule has 3 aromatic rings. The summed E-state index contributed by atoms with van der Waals surface area (Å²) in [6.07, 6.45) is 0.494. The van der Waals surface area contributed by atoms with E-state index in [0.717, 1.165) is 0 Å². The van der Waals surface area contributed by atoms with E-state index in [1.54, 1.807) is 24.3 Å². The second-order valence-corrected chi connectivity index (χ2v) is 5.41. The first kappa shape index (κ1) is 16.7. The van der Waals surface area contributed by atoms with Crippen molar-refractivity contribution in [2.75, 3.05) is 13.2 Å². The van der Waals surface area contributed by atoms with Crippen LogP contribution in [0.4, 0.5) is 0 Å². The molecule has 0 radical (unpaired) electrons. The summed E-state index contributed by atoms with van der Waals surface area (Å²) < 4.78 is 11.4. The van der Waals surface area contributed by atoms with E-state index in [4.69, 9.17) is 19.4 Å². The molecule has 0 amide bonds. The van der Waals surface area contributed by atoms with Gasteiger partial charge in [0.1, 0.15) is 17.1 Å². The van der Waals surface area contributed by atoms with E-state index < -0.39 is 5.97 Å². The molecular weight excluding hydrogens is 324 g/mol. The molecule has 25 heavy (non-hydrogen) atoms. The van der Waals surface area contributed by atoms with E-state index in [1.807, 2.05) is 0 Å². The Morgan fingerprint density at radius 2 is 1.92 bits per heavy atom. The molecule has 0 atom stereocenters. The number of aliphatic hydroxyl groups excluding tert-OH is 1. The monoisotopic (exact) mass is 340 g/mol. The Labute approximate surface area is 142 Å². The molecule has 128 valence electrons. The summed E-state index contributed by atoms with van der Waals surface area (Å²) >= 11 is 0. The van der Waals surface area contributed by atoms with Crippen molar-refractivity contribution in [3.05, 3.63) is 64.3 Å². The minimum Gasteiger partial charge on any atom is -0.493 e. The van der Waals surface area contributed by atoms with Gasteiger partial charge in [0.25, 0.3) is 0 Å². The van der Waals surface area contributed by atoms with Gasteiger partial charge in [-0.15, -0.1) is 0 Å². The SMILES string of the molecule is O=C(O)c1ccc2oc(-c3ccccc3OCCCO)cc(=O)c2c1. The van der Waals surface area contributed by atoms with Crippen LogP contribution in [0.1, 0.15) is 16.8 Å². The van der Waals surface area contributed by atoms with Crippen molar-refractivity contribution in [1.29, 1.82) is 0 Å². The molecule has 0 saturated heterocycles. The minimum atomic E-state index is -1.10. The van der Waals surface area contributed by atoms with Gasteiger partial charge in [-0.1, -0.05) is 12.1 Å². The number of para-hydroxylation sites is 1. The quantitative estimate of drug-likeness (QED) is 0.670. The van der Waals surface area contributed by atoms with Gasteiger partial charge in [0.2, 0.25) is 0 Å². The lowest BCUT2D eigenvalue weighted by Gasteiger charge is -2.11. The molecule has 1 aromatic heterocycles. The minimum absolute atomic E-state index is 0.0269. The van der Waals surface area contributed by atoms with Crippen molar-refractivity contribution < 1.29 is 24.2 Å². The largest absolute Gasteiger partial charge is 0.493 e. The molecule has 6 heteroatoms. The lowest BCUT2D eigenvalue weighted by Crippen LogP contribution is -2.04. The smallest absolute Gasteiger partial charge is 0.335 e. The highest BCUT2D eigenvalue weighted by Crippen LogP contribution is 2.31. The van der Waals surface area contributed by atoms with Crippen LogP contribution in [0, 0.1) is 0 Å². The molecule has 0 fully saturated rings. The van der Waals surface area contributed by atoms with Crippen LogP contribution in [0.2, 0.25) is 0 Å². The van der Waals surface area contributed by atoms with E-state index >= 15 is 0 Å². The second kappa shape index (κ2) is 7.19. The number of fused-ring (bicyclic) bond motifs is 1. The molecule has 0 unspecified atom stereocenters. The number of rotatable bonds is 6. The first-order valence-electron chi connectivity index (χ1n) is 7.74. The number of benzene rings is 2.